The lowest BCUT2D eigenvalue weighted by molar-refractivity contribution is 0.340. The van der Waals surface area contributed by atoms with E-state index in [9.17, 15) is 9.90 Å². The summed E-state index contributed by atoms with van der Waals surface area (Å²) in [5.74, 6) is 0.495. The molecule has 0 saturated heterocycles. The number of hydrogen-bond donors (Lipinski definition) is 1. The number of aryl methyl sites for hydroxylation is 2. The first-order valence-electron chi connectivity index (χ1n) is 8.32. The third-order valence-corrected chi connectivity index (χ3v) is 5.70. The van der Waals surface area contributed by atoms with Crippen molar-refractivity contribution in [2.24, 2.45) is 0 Å². The summed E-state index contributed by atoms with van der Waals surface area (Å²) in [6.45, 7) is 4.05. The molecule has 0 radical (unpaired) electrons. The van der Waals surface area contributed by atoms with Gasteiger partial charge in [-0.25, -0.2) is 9.38 Å². The Labute approximate surface area is 158 Å². The third kappa shape index (κ3) is 2.62. The minimum atomic E-state index is -0.119. The maximum absolute atomic E-state index is 13.0. The van der Waals surface area contributed by atoms with Crippen molar-refractivity contribution in [1.29, 1.82) is 0 Å². The molecule has 2 heterocycles. The fourth-order valence-corrected chi connectivity index (χ4v) is 4.09. The van der Waals surface area contributed by atoms with E-state index in [-0.39, 0.29) is 22.8 Å². The van der Waals surface area contributed by atoms with Crippen molar-refractivity contribution >= 4 is 33.4 Å². The van der Waals surface area contributed by atoms with Gasteiger partial charge in [0.2, 0.25) is 5.75 Å². The van der Waals surface area contributed by atoms with Crippen molar-refractivity contribution in [3.05, 3.63) is 55.8 Å². The summed E-state index contributed by atoms with van der Waals surface area (Å²) in [5, 5.41) is 10.0. The van der Waals surface area contributed by atoms with Crippen LogP contribution in [0.15, 0.2) is 29.1 Å². The van der Waals surface area contributed by atoms with E-state index in [1.165, 1.54) is 25.6 Å². The molecular weight excluding hydrogens is 364 g/mol. The number of hydrogen-bond acceptors (Lipinski definition) is 6. The summed E-state index contributed by atoms with van der Waals surface area (Å²) in [4.78, 5) is 18.3. The van der Waals surface area contributed by atoms with Crippen LogP contribution in [0.5, 0.6) is 17.2 Å². The van der Waals surface area contributed by atoms with Crippen molar-refractivity contribution < 1.29 is 14.6 Å². The predicted molar refractivity (Wildman–Crippen MR) is 106 cm³/mol. The van der Waals surface area contributed by atoms with Gasteiger partial charge in [-0.1, -0.05) is 17.4 Å². The molecule has 7 heteroatoms. The quantitative estimate of drug-likeness (QED) is 0.590. The maximum atomic E-state index is 13.0. The van der Waals surface area contributed by atoms with Gasteiger partial charge in [-0.05, 0) is 54.8 Å². The molecule has 0 bridgehead atoms. The van der Waals surface area contributed by atoms with E-state index in [4.69, 9.17) is 9.47 Å². The zero-order chi connectivity index (χ0) is 19.3. The van der Waals surface area contributed by atoms with Gasteiger partial charge in [0.15, 0.2) is 16.5 Å². The van der Waals surface area contributed by atoms with E-state index in [1.54, 1.807) is 22.6 Å². The molecule has 27 heavy (non-hydrogen) atoms. The number of aromatic hydroxyl groups is 1. The molecule has 4 rings (SSSR count). The molecule has 2 aromatic heterocycles. The normalized spacial score (nSPS) is 12.2. The maximum Gasteiger partial charge on any atom is 0.274 e. The fourth-order valence-electron chi connectivity index (χ4n) is 3.11. The Kier molecular flexibility index (Phi) is 4.04. The molecule has 138 valence electrons. The zero-order valence-electron chi connectivity index (χ0n) is 15.4. The van der Waals surface area contributed by atoms with E-state index >= 15 is 0 Å². The second-order valence-electron chi connectivity index (χ2n) is 6.29. The highest BCUT2D eigenvalue weighted by Crippen LogP contribution is 2.37. The van der Waals surface area contributed by atoms with Crippen LogP contribution >= 0.6 is 11.3 Å². The first-order valence-corrected chi connectivity index (χ1v) is 9.14. The molecule has 0 aliphatic rings. The highest BCUT2D eigenvalue weighted by Gasteiger charge is 2.14. The van der Waals surface area contributed by atoms with Crippen LogP contribution in [0.2, 0.25) is 0 Å². The van der Waals surface area contributed by atoms with Gasteiger partial charge in [-0.15, -0.1) is 0 Å². The van der Waals surface area contributed by atoms with Gasteiger partial charge in [0.25, 0.3) is 5.56 Å². The van der Waals surface area contributed by atoms with Gasteiger partial charge in [0, 0.05) is 0 Å². The number of nitrogens with zero attached hydrogens (tertiary/aromatic N) is 2. The standard InChI is InChI=1S/C20H18N2O4S/c1-10-5-6-13-17(11(10)2)21-20-22(13)19(24)16(27-20)9-12-7-14(25-3)18(23)15(8-12)26-4/h5-9,23H,1-4H3. The molecule has 2 aromatic carbocycles. The van der Waals surface area contributed by atoms with Gasteiger partial charge in [0.05, 0.1) is 29.8 Å². The summed E-state index contributed by atoms with van der Waals surface area (Å²) >= 11 is 1.33. The molecule has 0 amide bonds. The van der Waals surface area contributed by atoms with E-state index in [2.05, 4.69) is 4.98 Å². The SMILES string of the molecule is COc1cc(C=c2sc3nc4c(C)c(C)ccc4n3c2=O)cc(OC)c1O. The Hall–Kier alpha value is -3.06. The molecule has 0 aliphatic carbocycles. The molecule has 1 N–H and O–H groups in total. The minimum absolute atomic E-state index is 0.0719. The first-order chi connectivity index (χ1) is 12.9. The molecule has 0 spiro atoms. The van der Waals surface area contributed by atoms with Crippen molar-refractivity contribution in [2.45, 2.75) is 13.8 Å². The van der Waals surface area contributed by atoms with Gasteiger partial charge in [-0.3, -0.25) is 4.79 Å². The van der Waals surface area contributed by atoms with Crippen molar-refractivity contribution in [3.8, 4) is 17.2 Å². The first kappa shape index (κ1) is 17.4. The minimum Gasteiger partial charge on any atom is -0.502 e. The van der Waals surface area contributed by atoms with Crippen LogP contribution in [0.1, 0.15) is 16.7 Å². The molecular formula is C20H18N2O4S. The monoisotopic (exact) mass is 382 g/mol. The number of phenolic OH excluding ortho intramolecular Hbond substituents is 1. The second kappa shape index (κ2) is 6.28. The highest BCUT2D eigenvalue weighted by atomic mass is 32.1. The number of phenols is 1. The van der Waals surface area contributed by atoms with Crippen LogP contribution in [0.3, 0.4) is 0 Å². The smallest absolute Gasteiger partial charge is 0.274 e. The zero-order valence-corrected chi connectivity index (χ0v) is 16.2. The largest absolute Gasteiger partial charge is 0.502 e. The number of thiazole rings is 1. The van der Waals surface area contributed by atoms with Gasteiger partial charge in [0.1, 0.15) is 0 Å². The van der Waals surface area contributed by atoms with Gasteiger partial charge in [-0.2, -0.15) is 0 Å². The number of aromatic nitrogens is 2. The highest BCUT2D eigenvalue weighted by molar-refractivity contribution is 7.15. The molecule has 4 aromatic rings. The van der Waals surface area contributed by atoms with E-state index in [0.717, 1.165) is 22.2 Å². The lowest BCUT2D eigenvalue weighted by Gasteiger charge is -2.09. The Balaban J connectivity index is 1.96. The number of imidazole rings is 1. The Morgan fingerprint density at radius 2 is 1.81 bits per heavy atom. The van der Waals surface area contributed by atoms with Crippen LogP contribution in [0.4, 0.5) is 0 Å². The fraction of sp³-hybridized carbons (Fsp3) is 0.200. The summed E-state index contributed by atoms with van der Waals surface area (Å²) in [5.41, 5.74) is 4.48. The molecule has 0 fully saturated rings. The number of rotatable bonds is 3. The van der Waals surface area contributed by atoms with Crippen molar-refractivity contribution in [2.75, 3.05) is 14.2 Å². The number of fused-ring (bicyclic) bond motifs is 3. The third-order valence-electron chi connectivity index (χ3n) is 4.74. The van der Waals surface area contributed by atoms with Crippen LogP contribution in [-0.2, 0) is 0 Å². The van der Waals surface area contributed by atoms with Crippen molar-refractivity contribution in [1.82, 2.24) is 9.38 Å². The summed E-state index contributed by atoms with van der Waals surface area (Å²) in [7, 11) is 2.93. The summed E-state index contributed by atoms with van der Waals surface area (Å²) in [6.07, 6.45) is 1.75. The van der Waals surface area contributed by atoms with Crippen LogP contribution in [-0.4, -0.2) is 28.7 Å². The second-order valence-corrected chi connectivity index (χ2v) is 7.30. The molecule has 0 unspecified atom stereocenters. The van der Waals surface area contributed by atoms with E-state index in [0.29, 0.717) is 15.1 Å². The van der Waals surface area contributed by atoms with Crippen LogP contribution < -0.4 is 19.6 Å². The molecule has 0 atom stereocenters. The lowest BCUT2D eigenvalue weighted by Crippen LogP contribution is -2.22. The average molecular weight is 382 g/mol. The van der Waals surface area contributed by atoms with E-state index < -0.39 is 0 Å². The van der Waals surface area contributed by atoms with E-state index in [1.807, 2.05) is 26.0 Å². The van der Waals surface area contributed by atoms with Crippen LogP contribution in [0.25, 0.3) is 22.1 Å². The lowest BCUT2D eigenvalue weighted by atomic mass is 10.1. The van der Waals surface area contributed by atoms with Gasteiger partial charge >= 0.3 is 0 Å². The number of benzene rings is 2. The van der Waals surface area contributed by atoms with Crippen LogP contribution in [0, 0.1) is 13.8 Å². The number of methoxy groups -OCH3 is 2. The molecule has 0 saturated carbocycles. The number of ether oxygens (including phenoxy) is 2. The van der Waals surface area contributed by atoms with Crippen molar-refractivity contribution in [3.63, 3.8) is 0 Å². The van der Waals surface area contributed by atoms with Gasteiger partial charge < -0.3 is 14.6 Å². The molecule has 0 aliphatic heterocycles. The summed E-state index contributed by atoms with van der Waals surface area (Å²) < 4.78 is 12.6. The Morgan fingerprint density at radius 1 is 1.15 bits per heavy atom. The molecule has 6 nitrogen and oxygen atoms in total. The Bertz CT molecular complexity index is 1280. The average Bonchev–Trinajstić information content (AvgIpc) is 3.17. The Morgan fingerprint density at radius 3 is 2.44 bits per heavy atom. The topological polar surface area (TPSA) is 73.1 Å². The predicted octanol–water partition coefficient (Wildman–Crippen LogP) is 2.80. The summed E-state index contributed by atoms with van der Waals surface area (Å²) in [6, 6.07) is 7.25.